The number of rotatable bonds is 1. The SMILES string of the molecule is CC(C)(C)OC(=O)N1C[C@@H](F)CC1CN. The predicted molar refractivity (Wildman–Crippen MR) is 55.3 cm³/mol. The molecule has 1 fully saturated rings. The van der Waals surface area contributed by atoms with Crippen molar-refractivity contribution in [3.63, 3.8) is 0 Å². The van der Waals surface area contributed by atoms with E-state index in [1.54, 1.807) is 20.8 Å². The summed E-state index contributed by atoms with van der Waals surface area (Å²) in [6.07, 6.45) is -1.14. The lowest BCUT2D eigenvalue weighted by Gasteiger charge is -2.27. The first-order valence-corrected chi connectivity index (χ1v) is 5.17. The van der Waals surface area contributed by atoms with Crippen molar-refractivity contribution in [2.45, 2.75) is 45.0 Å². The van der Waals surface area contributed by atoms with Gasteiger partial charge in [0.2, 0.25) is 0 Å². The number of carbonyl (C=O) groups is 1. The second kappa shape index (κ2) is 4.35. The zero-order valence-corrected chi connectivity index (χ0v) is 9.50. The zero-order valence-electron chi connectivity index (χ0n) is 9.50. The van der Waals surface area contributed by atoms with Crippen LogP contribution in [-0.2, 0) is 4.74 Å². The van der Waals surface area contributed by atoms with Gasteiger partial charge in [0.15, 0.2) is 0 Å². The lowest BCUT2D eigenvalue weighted by Crippen LogP contribution is -2.43. The third-order valence-electron chi connectivity index (χ3n) is 2.26. The first-order chi connectivity index (χ1) is 6.83. The highest BCUT2D eigenvalue weighted by molar-refractivity contribution is 5.69. The summed E-state index contributed by atoms with van der Waals surface area (Å²) in [5.41, 5.74) is 4.92. The molecule has 1 saturated heterocycles. The Hall–Kier alpha value is -0.840. The van der Waals surface area contributed by atoms with Gasteiger partial charge < -0.3 is 15.4 Å². The van der Waals surface area contributed by atoms with Crippen LogP contribution in [0.3, 0.4) is 0 Å². The minimum absolute atomic E-state index is 0.0940. The highest BCUT2D eigenvalue weighted by atomic mass is 19.1. The van der Waals surface area contributed by atoms with E-state index in [0.717, 1.165) is 0 Å². The fraction of sp³-hybridized carbons (Fsp3) is 0.900. The Morgan fingerprint density at radius 2 is 2.20 bits per heavy atom. The molecule has 0 aromatic carbocycles. The fourth-order valence-electron chi connectivity index (χ4n) is 1.63. The molecule has 1 heterocycles. The second-order valence-corrected chi connectivity index (χ2v) is 4.86. The molecule has 0 bridgehead atoms. The summed E-state index contributed by atoms with van der Waals surface area (Å²) < 4.78 is 18.3. The molecule has 5 heteroatoms. The normalized spacial score (nSPS) is 26.9. The van der Waals surface area contributed by atoms with E-state index in [-0.39, 0.29) is 19.1 Å². The van der Waals surface area contributed by atoms with Gasteiger partial charge in [-0.15, -0.1) is 0 Å². The van der Waals surface area contributed by atoms with Gasteiger partial charge in [-0.2, -0.15) is 0 Å². The van der Waals surface area contributed by atoms with E-state index >= 15 is 0 Å². The Morgan fingerprint density at radius 3 is 2.67 bits per heavy atom. The van der Waals surface area contributed by atoms with Crippen LogP contribution in [0.25, 0.3) is 0 Å². The Morgan fingerprint density at radius 1 is 1.60 bits per heavy atom. The predicted octanol–water partition coefficient (Wildman–Crippen LogP) is 1.29. The van der Waals surface area contributed by atoms with Gasteiger partial charge in [-0.3, -0.25) is 0 Å². The third-order valence-corrected chi connectivity index (χ3v) is 2.26. The van der Waals surface area contributed by atoms with Crippen LogP contribution >= 0.6 is 0 Å². The zero-order chi connectivity index (χ0) is 11.6. The van der Waals surface area contributed by atoms with Crippen molar-refractivity contribution in [3.05, 3.63) is 0 Å². The van der Waals surface area contributed by atoms with Crippen LogP contribution in [-0.4, -0.2) is 41.9 Å². The third kappa shape index (κ3) is 3.34. The van der Waals surface area contributed by atoms with Crippen LogP contribution in [0.15, 0.2) is 0 Å². The van der Waals surface area contributed by atoms with Gasteiger partial charge in [-0.05, 0) is 20.8 Å². The number of hydrogen-bond donors (Lipinski definition) is 1. The number of nitrogens with two attached hydrogens (primary N) is 1. The number of amides is 1. The highest BCUT2D eigenvalue weighted by Crippen LogP contribution is 2.22. The van der Waals surface area contributed by atoms with Crippen LogP contribution in [0.5, 0.6) is 0 Å². The van der Waals surface area contributed by atoms with Crippen molar-refractivity contribution in [2.24, 2.45) is 5.73 Å². The van der Waals surface area contributed by atoms with Crippen molar-refractivity contribution in [2.75, 3.05) is 13.1 Å². The molecule has 0 aliphatic carbocycles. The summed E-state index contributed by atoms with van der Waals surface area (Å²) in [5.74, 6) is 0. The lowest BCUT2D eigenvalue weighted by molar-refractivity contribution is 0.0224. The minimum atomic E-state index is -0.980. The van der Waals surface area contributed by atoms with Gasteiger partial charge in [-0.1, -0.05) is 0 Å². The van der Waals surface area contributed by atoms with Gasteiger partial charge in [0, 0.05) is 13.0 Å². The van der Waals surface area contributed by atoms with E-state index in [1.807, 2.05) is 0 Å². The standard InChI is InChI=1S/C10H19FN2O2/c1-10(2,3)15-9(14)13-6-7(11)4-8(13)5-12/h7-8H,4-6,12H2,1-3H3/t7-,8?/m0/s1. The van der Waals surface area contributed by atoms with E-state index < -0.39 is 17.9 Å². The van der Waals surface area contributed by atoms with Crippen LogP contribution < -0.4 is 5.73 Å². The molecule has 2 atom stereocenters. The molecular formula is C10H19FN2O2. The van der Waals surface area contributed by atoms with Gasteiger partial charge in [0.25, 0.3) is 0 Å². The molecular weight excluding hydrogens is 199 g/mol. The summed E-state index contributed by atoms with van der Waals surface area (Å²) in [7, 11) is 0. The molecule has 1 amide bonds. The summed E-state index contributed by atoms with van der Waals surface area (Å²) in [4.78, 5) is 13.0. The van der Waals surface area contributed by atoms with Crippen molar-refractivity contribution >= 4 is 6.09 Å². The van der Waals surface area contributed by atoms with E-state index in [2.05, 4.69) is 0 Å². The average Bonchev–Trinajstić information content (AvgIpc) is 2.43. The van der Waals surface area contributed by atoms with E-state index in [1.165, 1.54) is 4.90 Å². The van der Waals surface area contributed by atoms with Crippen LogP contribution in [0.1, 0.15) is 27.2 Å². The van der Waals surface area contributed by atoms with Crippen molar-refractivity contribution in [1.82, 2.24) is 4.90 Å². The Balaban J connectivity index is 2.59. The first-order valence-electron chi connectivity index (χ1n) is 5.17. The lowest BCUT2D eigenvalue weighted by atomic mass is 10.2. The maximum atomic E-state index is 13.1. The van der Waals surface area contributed by atoms with Gasteiger partial charge in [0.05, 0.1) is 12.6 Å². The summed E-state index contributed by atoms with van der Waals surface area (Å²) in [5, 5.41) is 0. The maximum absolute atomic E-state index is 13.1. The van der Waals surface area contributed by atoms with Crippen LogP contribution in [0.2, 0.25) is 0 Å². The van der Waals surface area contributed by atoms with Crippen molar-refractivity contribution in [1.29, 1.82) is 0 Å². The fourth-order valence-corrected chi connectivity index (χ4v) is 1.63. The monoisotopic (exact) mass is 218 g/mol. The van der Waals surface area contributed by atoms with Crippen molar-refractivity contribution in [3.8, 4) is 0 Å². The van der Waals surface area contributed by atoms with E-state index in [4.69, 9.17) is 10.5 Å². The molecule has 1 unspecified atom stereocenters. The molecule has 4 nitrogen and oxygen atoms in total. The Labute approximate surface area is 89.6 Å². The van der Waals surface area contributed by atoms with Crippen molar-refractivity contribution < 1.29 is 13.9 Å². The number of likely N-dealkylation sites (tertiary alicyclic amines) is 1. The molecule has 0 saturated carbocycles. The van der Waals surface area contributed by atoms with Crippen LogP contribution in [0, 0.1) is 0 Å². The van der Waals surface area contributed by atoms with E-state index in [9.17, 15) is 9.18 Å². The Kier molecular flexibility index (Phi) is 3.54. The smallest absolute Gasteiger partial charge is 0.410 e. The van der Waals surface area contributed by atoms with Gasteiger partial charge in [-0.25, -0.2) is 9.18 Å². The topological polar surface area (TPSA) is 55.6 Å². The number of ether oxygens (including phenoxy) is 1. The minimum Gasteiger partial charge on any atom is -0.444 e. The number of carbonyl (C=O) groups excluding carboxylic acids is 1. The second-order valence-electron chi connectivity index (χ2n) is 4.86. The average molecular weight is 218 g/mol. The largest absolute Gasteiger partial charge is 0.444 e. The Bertz CT molecular complexity index is 240. The molecule has 1 aliphatic rings. The van der Waals surface area contributed by atoms with Gasteiger partial charge >= 0.3 is 6.09 Å². The molecule has 0 aromatic heterocycles. The summed E-state index contributed by atoms with van der Waals surface area (Å²) in [6.45, 7) is 5.72. The molecule has 0 spiro atoms. The summed E-state index contributed by atoms with van der Waals surface area (Å²) in [6, 6.07) is -0.227. The number of nitrogens with zero attached hydrogens (tertiary/aromatic N) is 1. The number of alkyl halides is 1. The molecule has 1 rings (SSSR count). The molecule has 88 valence electrons. The summed E-state index contributed by atoms with van der Waals surface area (Å²) >= 11 is 0. The molecule has 0 aromatic rings. The highest BCUT2D eigenvalue weighted by Gasteiger charge is 2.36. The van der Waals surface area contributed by atoms with E-state index in [0.29, 0.717) is 6.42 Å². The molecule has 0 radical (unpaired) electrons. The molecule has 15 heavy (non-hydrogen) atoms. The quantitative estimate of drug-likeness (QED) is 0.721. The number of halogens is 1. The molecule has 1 aliphatic heterocycles. The maximum Gasteiger partial charge on any atom is 0.410 e. The first kappa shape index (κ1) is 12.2. The molecule has 2 N–H and O–H groups in total. The van der Waals surface area contributed by atoms with Gasteiger partial charge in [0.1, 0.15) is 11.8 Å². The van der Waals surface area contributed by atoms with Crippen LogP contribution in [0.4, 0.5) is 9.18 Å². The number of hydrogen-bond acceptors (Lipinski definition) is 3.